The number of nitrogens with two attached hydrogens (primary N) is 1. The van der Waals surface area contributed by atoms with E-state index in [-0.39, 0.29) is 17.6 Å². The standard InChI is InChI=1S/C21H24N4O3/c22-12-16-13-23(14-19(16)15-5-2-1-3-6-15)20-9-10-24(21(20)26)17-7-4-8-18(11-17)25(27)28/h1-8,11,16,19-20H,9-10,12-14,22H2/t16-,19+,20?/m1/s1. The molecule has 1 amide bonds. The number of nitro groups is 1. The number of nitrogens with zero attached hydrogens (tertiary/aromatic N) is 3. The highest BCUT2D eigenvalue weighted by atomic mass is 16.6. The summed E-state index contributed by atoms with van der Waals surface area (Å²) in [6.45, 7) is 2.77. The molecule has 1 unspecified atom stereocenters. The minimum Gasteiger partial charge on any atom is -0.330 e. The Bertz CT molecular complexity index is 873. The van der Waals surface area contributed by atoms with Crippen LogP contribution in [0.2, 0.25) is 0 Å². The second-order valence-electron chi connectivity index (χ2n) is 7.54. The maximum absolute atomic E-state index is 13.1. The number of amides is 1. The number of nitro benzene ring substituents is 1. The molecule has 3 atom stereocenters. The van der Waals surface area contributed by atoms with Crippen molar-refractivity contribution in [2.75, 3.05) is 31.1 Å². The van der Waals surface area contributed by atoms with Crippen molar-refractivity contribution >= 4 is 17.3 Å². The molecule has 2 aliphatic heterocycles. The molecule has 7 nitrogen and oxygen atoms in total. The minimum absolute atomic E-state index is 0.00209. The number of rotatable bonds is 5. The first-order valence-electron chi connectivity index (χ1n) is 9.63. The van der Waals surface area contributed by atoms with Crippen LogP contribution in [0.4, 0.5) is 11.4 Å². The Labute approximate surface area is 163 Å². The van der Waals surface area contributed by atoms with E-state index in [0.29, 0.717) is 30.6 Å². The van der Waals surface area contributed by atoms with E-state index in [4.69, 9.17) is 5.73 Å². The smallest absolute Gasteiger partial charge is 0.271 e. The summed E-state index contributed by atoms with van der Waals surface area (Å²) in [5.74, 6) is 0.665. The summed E-state index contributed by atoms with van der Waals surface area (Å²) in [4.78, 5) is 27.6. The molecule has 2 aromatic rings. The lowest BCUT2D eigenvalue weighted by molar-refractivity contribution is -0.384. The lowest BCUT2D eigenvalue weighted by Crippen LogP contribution is -2.41. The Hall–Kier alpha value is -2.77. The maximum Gasteiger partial charge on any atom is 0.271 e. The van der Waals surface area contributed by atoms with Crippen molar-refractivity contribution in [3.63, 3.8) is 0 Å². The average molecular weight is 380 g/mol. The van der Waals surface area contributed by atoms with Crippen molar-refractivity contribution in [3.05, 3.63) is 70.3 Å². The van der Waals surface area contributed by atoms with Crippen LogP contribution in [0.25, 0.3) is 0 Å². The van der Waals surface area contributed by atoms with Crippen LogP contribution < -0.4 is 10.6 Å². The Morgan fingerprint density at radius 1 is 1.11 bits per heavy atom. The molecule has 4 rings (SSSR count). The summed E-state index contributed by atoms with van der Waals surface area (Å²) in [6, 6.07) is 16.4. The van der Waals surface area contributed by atoms with E-state index in [2.05, 4.69) is 17.0 Å². The van der Waals surface area contributed by atoms with Gasteiger partial charge in [-0.25, -0.2) is 0 Å². The van der Waals surface area contributed by atoms with Gasteiger partial charge in [0.2, 0.25) is 5.91 Å². The van der Waals surface area contributed by atoms with E-state index in [1.807, 2.05) is 18.2 Å². The summed E-state index contributed by atoms with van der Waals surface area (Å²) in [5, 5.41) is 11.0. The molecule has 0 spiro atoms. The minimum atomic E-state index is -0.432. The van der Waals surface area contributed by atoms with E-state index < -0.39 is 4.92 Å². The molecule has 28 heavy (non-hydrogen) atoms. The van der Waals surface area contributed by atoms with Gasteiger partial charge in [0.1, 0.15) is 0 Å². The van der Waals surface area contributed by atoms with Crippen molar-refractivity contribution < 1.29 is 9.72 Å². The fourth-order valence-corrected chi connectivity index (χ4v) is 4.51. The largest absolute Gasteiger partial charge is 0.330 e. The molecule has 2 saturated heterocycles. The molecule has 7 heteroatoms. The SMILES string of the molecule is NC[C@@H]1CN(C2CCN(c3cccc([N+](=O)[O-])c3)C2=O)C[C@H]1c1ccccc1. The zero-order valence-corrected chi connectivity index (χ0v) is 15.6. The molecular weight excluding hydrogens is 356 g/mol. The number of carbonyl (C=O) groups excluding carboxylic acids is 1. The number of carbonyl (C=O) groups is 1. The first-order chi connectivity index (χ1) is 13.6. The van der Waals surface area contributed by atoms with Gasteiger partial charge in [-0.3, -0.25) is 19.8 Å². The summed E-state index contributed by atoms with van der Waals surface area (Å²) < 4.78 is 0. The normalized spacial score (nSPS) is 25.4. The quantitative estimate of drug-likeness (QED) is 0.635. The topological polar surface area (TPSA) is 92.7 Å². The Morgan fingerprint density at radius 3 is 2.61 bits per heavy atom. The Balaban J connectivity index is 1.51. The van der Waals surface area contributed by atoms with Crippen molar-refractivity contribution in [3.8, 4) is 0 Å². The molecule has 0 saturated carbocycles. The fourth-order valence-electron chi connectivity index (χ4n) is 4.51. The molecule has 0 bridgehead atoms. The lowest BCUT2D eigenvalue weighted by atomic mass is 9.89. The van der Waals surface area contributed by atoms with Gasteiger partial charge in [-0.05, 0) is 30.5 Å². The number of anilines is 1. The molecule has 2 heterocycles. The Morgan fingerprint density at radius 2 is 1.89 bits per heavy atom. The van der Waals surface area contributed by atoms with Crippen LogP contribution in [0.1, 0.15) is 17.9 Å². The van der Waals surface area contributed by atoms with E-state index in [1.54, 1.807) is 17.0 Å². The van der Waals surface area contributed by atoms with Gasteiger partial charge in [-0.2, -0.15) is 0 Å². The zero-order valence-electron chi connectivity index (χ0n) is 15.6. The molecule has 2 aliphatic rings. The second kappa shape index (κ2) is 7.69. The van der Waals surface area contributed by atoms with Crippen LogP contribution in [0, 0.1) is 16.0 Å². The molecule has 0 radical (unpaired) electrons. The Kier molecular flexibility index (Phi) is 5.11. The summed E-state index contributed by atoms with van der Waals surface area (Å²) in [7, 11) is 0. The van der Waals surface area contributed by atoms with Gasteiger partial charge in [-0.1, -0.05) is 36.4 Å². The molecule has 146 valence electrons. The van der Waals surface area contributed by atoms with Gasteiger partial charge in [0.15, 0.2) is 0 Å². The van der Waals surface area contributed by atoms with Gasteiger partial charge >= 0.3 is 0 Å². The van der Waals surface area contributed by atoms with Crippen LogP contribution in [0.5, 0.6) is 0 Å². The molecule has 2 aromatic carbocycles. The highest BCUT2D eigenvalue weighted by Crippen LogP contribution is 2.36. The van der Waals surface area contributed by atoms with E-state index in [0.717, 1.165) is 19.5 Å². The third-order valence-electron chi connectivity index (χ3n) is 5.97. The first kappa shape index (κ1) is 18.6. The van der Waals surface area contributed by atoms with E-state index >= 15 is 0 Å². The van der Waals surface area contributed by atoms with Gasteiger partial charge in [0.05, 0.1) is 16.7 Å². The van der Waals surface area contributed by atoms with E-state index in [9.17, 15) is 14.9 Å². The zero-order chi connectivity index (χ0) is 19.7. The molecule has 2 fully saturated rings. The highest BCUT2D eigenvalue weighted by Gasteiger charge is 2.43. The average Bonchev–Trinajstić information content (AvgIpc) is 3.32. The third-order valence-corrected chi connectivity index (χ3v) is 5.97. The number of likely N-dealkylation sites (tertiary alicyclic amines) is 1. The molecule has 0 aromatic heterocycles. The molecule has 2 N–H and O–H groups in total. The third kappa shape index (κ3) is 3.39. The van der Waals surface area contributed by atoms with Crippen LogP contribution in [0.15, 0.2) is 54.6 Å². The predicted octanol–water partition coefficient (Wildman–Crippen LogP) is 2.37. The fraction of sp³-hybridized carbons (Fsp3) is 0.381. The number of hydrogen-bond acceptors (Lipinski definition) is 5. The predicted molar refractivity (Wildman–Crippen MR) is 107 cm³/mol. The van der Waals surface area contributed by atoms with Crippen LogP contribution in [-0.2, 0) is 4.79 Å². The van der Waals surface area contributed by atoms with Crippen LogP contribution >= 0.6 is 0 Å². The van der Waals surface area contributed by atoms with Crippen molar-refractivity contribution in [2.45, 2.75) is 18.4 Å². The summed E-state index contributed by atoms with van der Waals surface area (Å²) >= 11 is 0. The number of hydrogen-bond donors (Lipinski definition) is 1. The second-order valence-corrected chi connectivity index (χ2v) is 7.54. The summed E-state index contributed by atoms with van der Waals surface area (Å²) in [5.41, 5.74) is 7.90. The molecule has 0 aliphatic carbocycles. The van der Waals surface area contributed by atoms with E-state index in [1.165, 1.54) is 17.7 Å². The highest BCUT2D eigenvalue weighted by molar-refractivity contribution is 5.99. The van der Waals surface area contributed by atoms with Gasteiger partial charge < -0.3 is 10.6 Å². The number of benzene rings is 2. The maximum atomic E-state index is 13.1. The van der Waals surface area contributed by atoms with Gasteiger partial charge in [-0.15, -0.1) is 0 Å². The molecular formula is C21H24N4O3. The van der Waals surface area contributed by atoms with Crippen molar-refractivity contribution in [2.24, 2.45) is 11.7 Å². The van der Waals surface area contributed by atoms with Crippen LogP contribution in [0.3, 0.4) is 0 Å². The number of non-ortho nitro benzene ring substituents is 1. The van der Waals surface area contributed by atoms with Gasteiger partial charge in [0.25, 0.3) is 5.69 Å². The van der Waals surface area contributed by atoms with Crippen LogP contribution in [-0.4, -0.2) is 48.0 Å². The van der Waals surface area contributed by atoms with Crippen molar-refractivity contribution in [1.29, 1.82) is 0 Å². The van der Waals surface area contributed by atoms with Gasteiger partial charge in [0, 0.05) is 37.7 Å². The monoisotopic (exact) mass is 380 g/mol. The first-order valence-corrected chi connectivity index (χ1v) is 9.63. The van der Waals surface area contributed by atoms with Crippen molar-refractivity contribution in [1.82, 2.24) is 4.90 Å². The lowest BCUT2D eigenvalue weighted by Gasteiger charge is -2.23. The summed E-state index contributed by atoms with van der Waals surface area (Å²) in [6.07, 6.45) is 0.723.